The summed E-state index contributed by atoms with van der Waals surface area (Å²) in [6, 6.07) is 0. The van der Waals surface area contributed by atoms with Crippen LogP contribution in [0, 0.1) is 11.3 Å². The van der Waals surface area contributed by atoms with Gasteiger partial charge in [0, 0.05) is 11.3 Å². The molecule has 4 atom stereocenters. The van der Waals surface area contributed by atoms with Crippen molar-refractivity contribution < 1.29 is 14.3 Å². The molecule has 3 nitrogen and oxygen atoms in total. The number of rotatable bonds is 3. The van der Waals surface area contributed by atoms with Crippen LogP contribution in [-0.2, 0) is 9.22 Å². The Kier molecular flexibility index (Phi) is 4.71. The lowest BCUT2D eigenvalue weighted by molar-refractivity contribution is -0.190. The van der Waals surface area contributed by atoms with E-state index in [-0.39, 0.29) is 22.5 Å². The lowest BCUT2D eigenvalue weighted by atomic mass is 9.54. The van der Waals surface area contributed by atoms with Gasteiger partial charge in [0.2, 0.25) is 0 Å². The molecule has 0 spiro atoms. The normalized spacial score (nSPS) is 40.1. The zero-order valence-corrected chi connectivity index (χ0v) is 16.2. The highest BCUT2D eigenvalue weighted by molar-refractivity contribution is 6.74. The molecule has 2 saturated carbocycles. The molecule has 0 aliphatic heterocycles. The molecule has 2 fully saturated rings. The quantitative estimate of drug-likeness (QED) is 0.621. The van der Waals surface area contributed by atoms with Gasteiger partial charge in [0.1, 0.15) is 6.29 Å². The van der Waals surface area contributed by atoms with Crippen LogP contribution in [0.1, 0.15) is 66.2 Å². The highest BCUT2D eigenvalue weighted by atomic mass is 28.4. The number of aliphatic hydroxyl groups is 1. The fourth-order valence-electron chi connectivity index (χ4n) is 4.07. The molecular weight excluding hydrogens is 292 g/mol. The van der Waals surface area contributed by atoms with Gasteiger partial charge in [0.25, 0.3) is 0 Å². The van der Waals surface area contributed by atoms with Crippen molar-refractivity contribution in [1.29, 1.82) is 0 Å². The number of carbonyl (C=O) groups excluding carboxylic acids is 1. The van der Waals surface area contributed by atoms with Crippen LogP contribution < -0.4 is 0 Å². The second kappa shape index (κ2) is 5.71. The van der Waals surface area contributed by atoms with Crippen LogP contribution in [0.25, 0.3) is 0 Å². The molecular formula is C18H34O3Si. The first kappa shape index (κ1) is 18.1. The van der Waals surface area contributed by atoms with E-state index < -0.39 is 13.9 Å². The lowest BCUT2D eigenvalue weighted by Crippen LogP contribution is -2.62. The van der Waals surface area contributed by atoms with Gasteiger partial charge in [-0.15, -0.1) is 0 Å². The first-order valence-electron chi connectivity index (χ1n) is 8.81. The molecule has 2 rings (SSSR count). The van der Waals surface area contributed by atoms with E-state index in [2.05, 4.69) is 40.8 Å². The highest BCUT2D eigenvalue weighted by Crippen LogP contribution is 2.56. The molecule has 0 bridgehead atoms. The van der Waals surface area contributed by atoms with Gasteiger partial charge in [0.15, 0.2) is 8.32 Å². The third kappa shape index (κ3) is 2.94. The second-order valence-corrected chi connectivity index (χ2v) is 14.1. The summed E-state index contributed by atoms with van der Waals surface area (Å²) in [5.41, 5.74) is -0.942. The van der Waals surface area contributed by atoms with Crippen molar-refractivity contribution in [3.05, 3.63) is 0 Å². The number of carbonyl (C=O) groups is 1. The number of aldehydes is 1. The summed E-state index contributed by atoms with van der Waals surface area (Å²) in [6.07, 6.45) is 6.41. The monoisotopic (exact) mass is 326 g/mol. The smallest absolute Gasteiger partial charge is 0.192 e. The fourth-order valence-corrected chi connectivity index (χ4v) is 5.51. The SMILES string of the molecule is CC(C)(C)[Si](C)(C)O[C@H]1CCC[C@@]2(O)C[C@@H](C=O)CC[C@]12C. The molecule has 4 heteroatoms. The van der Waals surface area contributed by atoms with E-state index in [0.29, 0.717) is 6.42 Å². The predicted octanol–water partition coefficient (Wildman–Crippen LogP) is 4.30. The molecule has 0 aromatic heterocycles. The van der Waals surface area contributed by atoms with Gasteiger partial charge in [0.05, 0.1) is 11.7 Å². The third-order valence-corrected chi connectivity index (χ3v) is 11.4. The van der Waals surface area contributed by atoms with Crippen molar-refractivity contribution in [2.45, 2.75) is 96.1 Å². The van der Waals surface area contributed by atoms with Gasteiger partial charge in [-0.05, 0) is 56.7 Å². The molecule has 0 unspecified atom stereocenters. The summed E-state index contributed by atoms with van der Waals surface area (Å²) < 4.78 is 6.74. The van der Waals surface area contributed by atoms with E-state index in [9.17, 15) is 9.90 Å². The minimum atomic E-state index is -1.85. The van der Waals surface area contributed by atoms with Crippen molar-refractivity contribution in [2.75, 3.05) is 0 Å². The number of hydrogen-bond acceptors (Lipinski definition) is 3. The van der Waals surface area contributed by atoms with E-state index in [1.807, 2.05) is 0 Å². The lowest BCUT2D eigenvalue weighted by Gasteiger charge is -2.58. The van der Waals surface area contributed by atoms with Crippen LogP contribution in [0.3, 0.4) is 0 Å². The van der Waals surface area contributed by atoms with E-state index in [1.54, 1.807) is 0 Å². The minimum absolute atomic E-state index is 0.0182. The largest absolute Gasteiger partial charge is 0.413 e. The van der Waals surface area contributed by atoms with Crippen molar-refractivity contribution in [1.82, 2.24) is 0 Å². The van der Waals surface area contributed by atoms with Gasteiger partial charge in [-0.2, -0.15) is 0 Å². The summed E-state index contributed by atoms with van der Waals surface area (Å²) in [7, 11) is -1.85. The van der Waals surface area contributed by atoms with Crippen LogP contribution in [0.15, 0.2) is 0 Å². The Morgan fingerprint density at radius 3 is 2.41 bits per heavy atom. The Labute approximate surface area is 137 Å². The molecule has 2 aliphatic carbocycles. The molecule has 2 aliphatic rings. The van der Waals surface area contributed by atoms with E-state index >= 15 is 0 Å². The summed E-state index contributed by atoms with van der Waals surface area (Å²) in [5.74, 6) is 0.0182. The summed E-state index contributed by atoms with van der Waals surface area (Å²) in [5, 5.41) is 11.5. The van der Waals surface area contributed by atoms with Gasteiger partial charge >= 0.3 is 0 Å². The summed E-state index contributed by atoms with van der Waals surface area (Å²) in [4.78, 5) is 11.2. The Hall–Kier alpha value is -0.193. The second-order valence-electron chi connectivity index (χ2n) is 9.35. The number of fused-ring (bicyclic) bond motifs is 1. The third-order valence-electron chi connectivity index (χ3n) is 6.90. The van der Waals surface area contributed by atoms with Gasteiger partial charge in [-0.25, -0.2) is 0 Å². The zero-order chi connectivity index (χ0) is 16.8. The average molecular weight is 327 g/mol. The van der Waals surface area contributed by atoms with Crippen LogP contribution in [0.2, 0.25) is 18.1 Å². The Bertz CT molecular complexity index is 429. The average Bonchev–Trinajstić information content (AvgIpc) is 2.38. The van der Waals surface area contributed by atoms with E-state index in [1.165, 1.54) is 0 Å². The van der Waals surface area contributed by atoms with Crippen LogP contribution in [0.5, 0.6) is 0 Å². The van der Waals surface area contributed by atoms with Crippen LogP contribution in [0.4, 0.5) is 0 Å². The molecule has 0 heterocycles. The van der Waals surface area contributed by atoms with Gasteiger partial charge in [-0.1, -0.05) is 27.7 Å². The Morgan fingerprint density at radius 2 is 1.86 bits per heavy atom. The summed E-state index contributed by atoms with van der Waals surface area (Å²) in [6.45, 7) is 13.6. The molecule has 0 radical (unpaired) electrons. The molecule has 0 saturated heterocycles. The first-order chi connectivity index (χ1) is 9.95. The van der Waals surface area contributed by atoms with Crippen LogP contribution in [-0.4, -0.2) is 31.4 Å². The van der Waals surface area contributed by atoms with Crippen molar-refractivity contribution >= 4 is 14.6 Å². The van der Waals surface area contributed by atoms with Crippen LogP contribution >= 0.6 is 0 Å². The Balaban J connectivity index is 2.25. The zero-order valence-electron chi connectivity index (χ0n) is 15.2. The highest BCUT2D eigenvalue weighted by Gasteiger charge is 2.58. The molecule has 0 amide bonds. The molecule has 0 aromatic carbocycles. The number of hydrogen-bond donors (Lipinski definition) is 1. The topological polar surface area (TPSA) is 46.5 Å². The molecule has 0 aromatic rings. The van der Waals surface area contributed by atoms with E-state index in [0.717, 1.165) is 38.4 Å². The fraction of sp³-hybridized carbons (Fsp3) is 0.944. The first-order valence-corrected chi connectivity index (χ1v) is 11.7. The van der Waals surface area contributed by atoms with Gasteiger partial charge in [-0.3, -0.25) is 0 Å². The summed E-state index contributed by atoms with van der Waals surface area (Å²) >= 11 is 0. The predicted molar refractivity (Wildman–Crippen MR) is 92.4 cm³/mol. The maximum absolute atomic E-state index is 11.3. The Morgan fingerprint density at radius 1 is 1.23 bits per heavy atom. The van der Waals surface area contributed by atoms with Crippen molar-refractivity contribution in [3.63, 3.8) is 0 Å². The molecule has 22 heavy (non-hydrogen) atoms. The molecule has 1 N–H and O–H groups in total. The minimum Gasteiger partial charge on any atom is -0.413 e. The standard InChI is InChI=1S/C18H34O3Si/c1-16(2,3)22(5,6)21-15-8-7-10-18(20)12-14(13-19)9-11-17(15,18)4/h13-15,20H,7-12H2,1-6H3/t14-,15-,17+,18+/m0/s1. The maximum atomic E-state index is 11.3. The van der Waals surface area contributed by atoms with E-state index in [4.69, 9.17) is 4.43 Å². The van der Waals surface area contributed by atoms with Gasteiger partial charge < -0.3 is 14.3 Å². The molecule has 128 valence electrons. The van der Waals surface area contributed by atoms with Crippen molar-refractivity contribution in [3.8, 4) is 0 Å². The maximum Gasteiger partial charge on any atom is 0.192 e. The van der Waals surface area contributed by atoms with Crippen molar-refractivity contribution in [2.24, 2.45) is 11.3 Å².